The van der Waals surface area contributed by atoms with E-state index >= 15 is 0 Å². The van der Waals surface area contributed by atoms with Crippen LogP contribution in [0.3, 0.4) is 0 Å². The third-order valence-corrected chi connectivity index (χ3v) is 2.61. The maximum Gasteiger partial charge on any atom is 0.243 e. The Kier molecular flexibility index (Phi) is 2.60. The first kappa shape index (κ1) is 10.6. The Bertz CT molecular complexity index is 564. The first-order valence-electron chi connectivity index (χ1n) is 5.15. The monoisotopic (exact) mass is 218 g/mol. The Morgan fingerprint density at radius 1 is 1.50 bits per heavy atom. The van der Waals surface area contributed by atoms with Crippen molar-refractivity contribution in [2.24, 2.45) is 14.1 Å². The molecule has 0 amide bonds. The van der Waals surface area contributed by atoms with Crippen LogP contribution in [0.4, 0.5) is 0 Å². The van der Waals surface area contributed by atoms with Crippen molar-refractivity contribution in [2.45, 2.75) is 13.5 Å². The van der Waals surface area contributed by atoms with Crippen molar-refractivity contribution in [1.29, 1.82) is 5.41 Å². The molecular weight excluding hydrogens is 202 g/mol. The smallest absolute Gasteiger partial charge is 0.243 e. The van der Waals surface area contributed by atoms with Gasteiger partial charge in [-0.05, 0) is 6.92 Å². The van der Waals surface area contributed by atoms with Crippen LogP contribution in [0.5, 0.6) is 0 Å². The predicted octanol–water partition coefficient (Wildman–Crippen LogP) is -0.118. The van der Waals surface area contributed by atoms with Gasteiger partial charge in [-0.1, -0.05) is 0 Å². The van der Waals surface area contributed by atoms with Gasteiger partial charge >= 0.3 is 0 Å². The molecule has 2 aromatic heterocycles. The first-order valence-corrected chi connectivity index (χ1v) is 5.15. The van der Waals surface area contributed by atoms with E-state index in [9.17, 15) is 0 Å². The normalized spacial score (nSPS) is 10.7. The van der Waals surface area contributed by atoms with Crippen molar-refractivity contribution in [2.75, 3.05) is 0 Å². The van der Waals surface area contributed by atoms with Gasteiger partial charge in [0.2, 0.25) is 6.33 Å². The number of hydrogen-bond donors (Lipinski definition) is 1. The number of aromatic nitrogens is 4. The van der Waals surface area contributed by atoms with Crippen LogP contribution in [-0.2, 0) is 20.6 Å². The second-order valence-electron chi connectivity index (χ2n) is 4.02. The Balaban J connectivity index is 2.35. The summed E-state index contributed by atoms with van der Waals surface area (Å²) in [6.45, 7) is 2.58. The molecule has 2 aromatic rings. The summed E-state index contributed by atoms with van der Waals surface area (Å²) in [5, 5.41) is 7.82. The third kappa shape index (κ3) is 2.03. The molecule has 0 aliphatic carbocycles. The largest absolute Gasteiger partial charge is 0.339 e. The zero-order chi connectivity index (χ0) is 11.7. The highest BCUT2D eigenvalue weighted by Crippen LogP contribution is 1.96. The standard InChI is InChI=1S/C11H16N5/c1-9-13-11(12)10(6-15(9)3)7-16-5-4-14(2)8-16/h4-6,8,12H,7H2,1-3H3/q+1. The molecule has 0 atom stereocenters. The van der Waals surface area contributed by atoms with Gasteiger partial charge in [0, 0.05) is 13.2 Å². The Hall–Kier alpha value is -1.91. The molecule has 0 aliphatic heterocycles. The molecule has 5 heteroatoms. The minimum atomic E-state index is 0.354. The lowest BCUT2D eigenvalue weighted by Gasteiger charge is -2.05. The SMILES string of the molecule is Cc1nc(=N)c(Cn2cc[n+](C)c2)cn1C. The minimum absolute atomic E-state index is 0.354. The molecule has 0 radical (unpaired) electrons. The lowest BCUT2D eigenvalue weighted by Crippen LogP contribution is -2.25. The summed E-state index contributed by atoms with van der Waals surface area (Å²) in [7, 11) is 3.92. The quantitative estimate of drug-likeness (QED) is 0.702. The molecule has 0 bridgehead atoms. The van der Waals surface area contributed by atoms with Crippen molar-refractivity contribution in [3.05, 3.63) is 41.8 Å². The Morgan fingerprint density at radius 2 is 2.25 bits per heavy atom. The number of rotatable bonds is 2. The molecule has 2 rings (SSSR count). The first-order chi connectivity index (χ1) is 7.56. The van der Waals surface area contributed by atoms with Crippen LogP contribution in [-0.4, -0.2) is 14.1 Å². The van der Waals surface area contributed by atoms with Gasteiger partial charge in [-0.3, -0.25) is 5.41 Å². The van der Waals surface area contributed by atoms with Crippen LogP contribution in [0.25, 0.3) is 0 Å². The van der Waals surface area contributed by atoms with Gasteiger partial charge in [0.1, 0.15) is 24.8 Å². The van der Waals surface area contributed by atoms with Crippen molar-refractivity contribution in [3.63, 3.8) is 0 Å². The molecule has 0 saturated heterocycles. The van der Waals surface area contributed by atoms with Crippen LogP contribution in [0.2, 0.25) is 0 Å². The Labute approximate surface area is 94.1 Å². The van der Waals surface area contributed by atoms with E-state index in [1.807, 2.05) is 59.6 Å². The van der Waals surface area contributed by atoms with Gasteiger partial charge in [-0.25, -0.2) is 14.1 Å². The summed E-state index contributed by atoms with van der Waals surface area (Å²) in [5.41, 5.74) is 1.27. The summed E-state index contributed by atoms with van der Waals surface area (Å²) in [6, 6.07) is 0. The molecule has 84 valence electrons. The lowest BCUT2D eigenvalue weighted by molar-refractivity contribution is -0.671. The molecule has 0 aliphatic rings. The lowest BCUT2D eigenvalue weighted by atomic mass is 10.3. The molecule has 5 nitrogen and oxygen atoms in total. The average Bonchev–Trinajstić information content (AvgIpc) is 2.60. The van der Waals surface area contributed by atoms with Crippen molar-refractivity contribution >= 4 is 0 Å². The number of hydrogen-bond acceptors (Lipinski definition) is 2. The van der Waals surface area contributed by atoms with Gasteiger partial charge in [0.25, 0.3) is 0 Å². The van der Waals surface area contributed by atoms with Crippen LogP contribution >= 0.6 is 0 Å². The average molecular weight is 218 g/mol. The van der Waals surface area contributed by atoms with Crippen molar-refractivity contribution in [1.82, 2.24) is 14.1 Å². The van der Waals surface area contributed by atoms with Gasteiger partial charge in [-0.15, -0.1) is 0 Å². The fourth-order valence-electron chi connectivity index (χ4n) is 1.61. The molecule has 0 unspecified atom stereocenters. The van der Waals surface area contributed by atoms with Crippen LogP contribution in [0, 0.1) is 12.3 Å². The van der Waals surface area contributed by atoms with Crippen molar-refractivity contribution in [3.8, 4) is 0 Å². The van der Waals surface area contributed by atoms with Gasteiger partial charge in [0.05, 0.1) is 12.6 Å². The third-order valence-electron chi connectivity index (χ3n) is 2.61. The van der Waals surface area contributed by atoms with E-state index in [0.29, 0.717) is 12.0 Å². The minimum Gasteiger partial charge on any atom is -0.339 e. The molecule has 2 heterocycles. The van der Waals surface area contributed by atoms with E-state index in [4.69, 9.17) is 5.41 Å². The molecule has 0 aromatic carbocycles. The predicted molar refractivity (Wildman–Crippen MR) is 58.5 cm³/mol. The van der Waals surface area contributed by atoms with Crippen LogP contribution in [0.1, 0.15) is 11.4 Å². The number of aryl methyl sites for hydroxylation is 3. The van der Waals surface area contributed by atoms with E-state index in [1.54, 1.807) is 0 Å². The molecule has 0 fully saturated rings. The summed E-state index contributed by atoms with van der Waals surface area (Å²) in [6.07, 6.45) is 7.91. The summed E-state index contributed by atoms with van der Waals surface area (Å²) < 4.78 is 5.95. The fraction of sp³-hybridized carbons (Fsp3) is 0.364. The van der Waals surface area contributed by atoms with Crippen molar-refractivity contribution < 1.29 is 4.57 Å². The molecule has 0 spiro atoms. The molecular formula is C11H16N5+. The number of nitrogens with zero attached hydrogens (tertiary/aromatic N) is 4. The van der Waals surface area contributed by atoms with Gasteiger partial charge in [0.15, 0.2) is 5.49 Å². The van der Waals surface area contributed by atoms with E-state index < -0.39 is 0 Å². The van der Waals surface area contributed by atoms with E-state index in [1.165, 1.54) is 0 Å². The maximum absolute atomic E-state index is 7.82. The summed E-state index contributed by atoms with van der Waals surface area (Å²) >= 11 is 0. The zero-order valence-corrected chi connectivity index (χ0v) is 9.81. The topological polar surface area (TPSA) is 50.5 Å². The molecule has 0 saturated carbocycles. The van der Waals surface area contributed by atoms with Gasteiger partial charge in [-0.2, -0.15) is 0 Å². The van der Waals surface area contributed by atoms with Crippen LogP contribution < -0.4 is 10.1 Å². The molecule has 16 heavy (non-hydrogen) atoms. The number of imidazole rings is 1. The highest BCUT2D eigenvalue weighted by Gasteiger charge is 2.06. The van der Waals surface area contributed by atoms with Gasteiger partial charge < -0.3 is 4.57 Å². The number of nitrogens with one attached hydrogen (secondary N) is 1. The second-order valence-corrected chi connectivity index (χ2v) is 4.02. The van der Waals surface area contributed by atoms with E-state index in [2.05, 4.69) is 4.98 Å². The zero-order valence-electron chi connectivity index (χ0n) is 9.81. The maximum atomic E-state index is 7.82. The van der Waals surface area contributed by atoms with Crippen LogP contribution in [0.15, 0.2) is 24.9 Å². The van der Waals surface area contributed by atoms with E-state index in [-0.39, 0.29) is 0 Å². The molecule has 1 N–H and O–H groups in total. The second kappa shape index (κ2) is 3.92. The summed E-state index contributed by atoms with van der Waals surface area (Å²) in [4.78, 5) is 4.19. The summed E-state index contributed by atoms with van der Waals surface area (Å²) in [5.74, 6) is 0.854. The fourth-order valence-corrected chi connectivity index (χ4v) is 1.61. The Morgan fingerprint density at radius 3 is 2.88 bits per heavy atom. The highest BCUT2D eigenvalue weighted by molar-refractivity contribution is 5.05. The highest BCUT2D eigenvalue weighted by atomic mass is 15.1. The van der Waals surface area contributed by atoms with E-state index in [0.717, 1.165) is 11.4 Å².